The molecule has 9 nitrogen and oxygen atoms in total. The first kappa shape index (κ1) is 24.1. The van der Waals surface area contributed by atoms with Gasteiger partial charge in [-0.05, 0) is 66.8 Å². The second kappa shape index (κ2) is 10.2. The van der Waals surface area contributed by atoms with Gasteiger partial charge in [0, 0.05) is 36.7 Å². The van der Waals surface area contributed by atoms with Crippen molar-refractivity contribution in [3.8, 4) is 11.3 Å². The van der Waals surface area contributed by atoms with E-state index in [-0.39, 0.29) is 17.8 Å². The number of nitrogens with zero attached hydrogens (tertiary/aromatic N) is 4. The van der Waals surface area contributed by atoms with Crippen molar-refractivity contribution in [3.05, 3.63) is 107 Å². The van der Waals surface area contributed by atoms with Crippen LogP contribution in [-0.2, 0) is 4.74 Å². The summed E-state index contributed by atoms with van der Waals surface area (Å²) < 4.78 is 11.8. The van der Waals surface area contributed by atoms with E-state index in [0.29, 0.717) is 22.2 Å². The summed E-state index contributed by atoms with van der Waals surface area (Å²) in [5.74, 6) is 1.05. The van der Waals surface area contributed by atoms with Crippen molar-refractivity contribution in [2.45, 2.75) is 12.1 Å². The van der Waals surface area contributed by atoms with Crippen LogP contribution in [0.25, 0.3) is 11.3 Å². The quantitative estimate of drug-likeness (QED) is 0.204. The third-order valence-electron chi connectivity index (χ3n) is 6.89. The Labute approximate surface area is 224 Å². The van der Waals surface area contributed by atoms with Gasteiger partial charge in [0.1, 0.15) is 17.6 Å². The fourth-order valence-electron chi connectivity index (χ4n) is 5.07. The topological polar surface area (TPSA) is 96.9 Å². The van der Waals surface area contributed by atoms with Gasteiger partial charge in [0.05, 0.1) is 35.4 Å². The first-order valence-corrected chi connectivity index (χ1v) is 12.8. The van der Waals surface area contributed by atoms with Gasteiger partial charge >= 0.3 is 0 Å². The van der Waals surface area contributed by atoms with Gasteiger partial charge in [-0.15, -0.1) is 0 Å². The second-order valence-electron chi connectivity index (χ2n) is 9.09. The average Bonchev–Trinajstić information content (AvgIpc) is 3.59. The molecule has 2 fully saturated rings. The summed E-state index contributed by atoms with van der Waals surface area (Å²) in [7, 11) is 0. The lowest BCUT2D eigenvalue weighted by Gasteiger charge is -2.30. The number of furan rings is 1. The number of thiocarbonyl (C=S) groups is 1. The molecule has 0 spiro atoms. The van der Waals surface area contributed by atoms with Gasteiger partial charge in [-0.25, -0.2) is 0 Å². The van der Waals surface area contributed by atoms with E-state index in [2.05, 4.69) is 39.5 Å². The van der Waals surface area contributed by atoms with Crippen molar-refractivity contribution in [3.63, 3.8) is 0 Å². The molecule has 1 N–H and O–H groups in total. The zero-order valence-corrected chi connectivity index (χ0v) is 21.2. The van der Waals surface area contributed by atoms with Crippen LogP contribution in [0.4, 0.5) is 17.1 Å². The molecule has 2 aliphatic heterocycles. The Bertz CT molecular complexity index is 1450. The fraction of sp³-hybridized carbons (Fsp3) is 0.214. The molecule has 0 amide bonds. The van der Waals surface area contributed by atoms with Crippen molar-refractivity contribution in [2.24, 2.45) is 0 Å². The lowest BCUT2D eigenvalue weighted by atomic mass is 10.0. The number of hydrogen-bond donors (Lipinski definition) is 1. The lowest BCUT2D eigenvalue weighted by molar-refractivity contribution is -0.384. The minimum atomic E-state index is -0.400. The molecule has 192 valence electrons. The number of aromatic nitrogens is 1. The van der Waals surface area contributed by atoms with Crippen LogP contribution in [0.15, 0.2) is 89.5 Å². The van der Waals surface area contributed by atoms with E-state index in [4.69, 9.17) is 21.4 Å². The van der Waals surface area contributed by atoms with Gasteiger partial charge in [-0.2, -0.15) is 0 Å². The van der Waals surface area contributed by atoms with E-state index >= 15 is 0 Å². The summed E-state index contributed by atoms with van der Waals surface area (Å²) in [4.78, 5) is 20.1. The Morgan fingerprint density at radius 1 is 0.947 bits per heavy atom. The highest BCUT2D eigenvalue weighted by atomic mass is 32.1. The molecule has 2 aliphatic rings. The van der Waals surface area contributed by atoms with E-state index in [1.165, 1.54) is 6.07 Å². The minimum Gasteiger partial charge on any atom is -0.459 e. The normalized spacial score (nSPS) is 19.4. The van der Waals surface area contributed by atoms with Crippen molar-refractivity contribution in [1.29, 1.82) is 0 Å². The zero-order chi connectivity index (χ0) is 26.1. The van der Waals surface area contributed by atoms with Gasteiger partial charge in [-0.1, -0.05) is 18.2 Å². The Balaban J connectivity index is 1.39. The third-order valence-corrected chi connectivity index (χ3v) is 7.20. The number of morpholine rings is 1. The van der Waals surface area contributed by atoms with Gasteiger partial charge in [0.25, 0.3) is 5.69 Å². The molecular weight excluding hydrogens is 502 g/mol. The predicted octanol–water partition coefficient (Wildman–Crippen LogP) is 5.26. The maximum atomic E-state index is 11.6. The SMILES string of the molecule is O=[N+]([O-])c1ccccc1-c1ccc(C2C(c3ccccn3)NC(=S)N2c2ccc(N3CCOCC3)cc2)o1. The summed E-state index contributed by atoms with van der Waals surface area (Å²) in [6.45, 7) is 3.15. The van der Waals surface area contributed by atoms with E-state index in [9.17, 15) is 10.1 Å². The molecule has 6 rings (SSSR count). The average molecular weight is 528 g/mol. The van der Waals surface area contributed by atoms with Crippen LogP contribution in [-0.4, -0.2) is 41.3 Å². The van der Waals surface area contributed by atoms with E-state index < -0.39 is 4.92 Å². The number of rotatable bonds is 6. The molecule has 4 heterocycles. The monoisotopic (exact) mass is 527 g/mol. The van der Waals surface area contributed by atoms with E-state index in [1.54, 1.807) is 30.5 Å². The molecule has 2 saturated heterocycles. The van der Waals surface area contributed by atoms with Crippen molar-refractivity contribution < 1.29 is 14.1 Å². The molecule has 4 aromatic rings. The number of para-hydroxylation sites is 1. The maximum Gasteiger partial charge on any atom is 0.280 e. The Morgan fingerprint density at radius 3 is 2.42 bits per heavy atom. The van der Waals surface area contributed by atoms with Crippen LogP contribution in [0.2, 0.25) is 0 Å². The van der Waals surface area contributed by atoms with Crippen LogP contribution in [0.5, 0.6) is 0 Å². The van der Waals surface area contributed by atoms with Gasteiger partial charge in [-0.3, -0.25) is 15.1 Å². The van der Waals surface area contributed by atoms with Crippen LogP contribution in [0.3, 0.4) is 0 Å². The van der Waals surface area contributed by atoms with E-state index in [1.807, 2.05) is 29.2 Å². The molecule has 0 aliphatic carbocycles. The number of pyridine rings is 1. The summed E-state index contributed by atoms with van der Waals surface area (Å²) in [6, 6.07) is 23.6. The molecule has 2 aromatic carbocycles. The second-order valence-corrected chi connectivity index (χ2v) is 9.48. The summed E-state index contributed by atoms with van der Waals surface area (Å²) in [6.07, 6.45) is 1.75. The molecule has 0 bridgehead atoms. The molecular formula is C28H25N5O4S. The van der Waals surface area contributed by atoms with Crippen LogP contribution in [0, 0.1) is 10.1 Å². The molecule has 2 aromatic heterocycles. The minimum absolute atomic E-state index is 0.00898. The smallest absolute Gasteiger partial charge is 0.280 e. The number of hydrogen-bond acceptors (Lipinski definition) is 7. The van der Waals surface area contributed by atoms with Crippen LogP contribution >= 0.6 is 12.2 Å². The standard InChI is InChI=1S/C28H25N5O4S/c34-33(35)23-7-2-1-5-21(23)24-12-13-25(37-24)27-26(22-6-3-4-14-29-22)30-28(38)32(27)20-10-8-19(9-11-20)31-15-17-36-18-16-31/h1-14,26-27H,15-18H2,(H,30,38). The number of benzene rings is 2. The molecule has 2 unspecified atom stereocenters. The van der Waals surface area contributed by atoms with Crippen LogP contribution in [0.1, 0.15) is 23.5 Å². The molecule has 0 saturated carbocycles. The number of ether oxygens (including phenoxy) is 1. The number of nitrogens with one attached hydrogen (secondary N) is 1. The van der Waals surface area contributed by atoms with Crippen molar-refractivity contribution in [1.82, 2.24) is 10.3 Å². The molecule has 2 atom stereocenters. The summed E-state index contributed by atoms with van der Waals surface area (Å²) in [5.41, 5.74) is 3.27. The zero-order valence-electron chi connectivity index (χ0n) is 20.4. The largest absolute Gasteiger partial charge is 0.459 e. The maximum absolute atomic E-state index is 11.6. The summed E-state index contributed by atoms with van der Waals surface area (Å²) >= 11 is 5.82. The third kappa shape index (κ3) is 4.48. The lowest BCUT2D eigenvalue weighted by Crippen LogP contribution is -2.36. The highest BCUT2D eigenvalue weighted by molar-refractivity contribution is 7.80. The Hall–Kier alpha value is -4.28. The number of nitro groups is 1. The Kier molecular flexibility index (Phi) is 6.48. The van der Waals surface area contributed by atoms with Crippen LogP contribution < -0.4 is 15.1 Å². The Morgan fingerprint density at radius 2 is 1.68 bits per heavy atom. The number of nitro benzene ring substituents is 1. The fourth-order valence-corrected chi connectivity index (χ4v) is 5.41. The van der Waals surface area contributed by atoms with Gasteiger partial charge in [0.15, 0.2) is 5.11 Å². The highest BCUT2D eigenvalue weighted by Crippen LogP contribution is 2.44. The predicted molar refractivity (Wildman–Crippen MR) is 148 cm³/mol. The van der Waals surface area contributed by atoms with Crippen molar-refractivity contribution >= 4 is 34.4 Å². The molecule has 0 radical (unpaired) electrons. The molecule has 10 heteroatoms. The first-order chi connectivity index (χ1) is 18.6. The first-order valence-electron chi connectivity index (χ1n) is 12.4. The van der Waals surface area contributed by atoms with Crippen molar-refractivity contribution in [2.75, 3.05) is 36.1 Å². The molecule has 38 heavy (non-hydrogen) atoms. The van der Waals surface area contributed by atoms with Gasteiger partial charge < -0.3 is 24.3 Å². The summed E-state index contributed by atoms with van der Waals surface area (Å²) in [5, 5.41) is 15.6. The van der Waals surface area contributed by atoms with Gasteiger partial charge in [0.2, 0.25) is 0 Å². The highest BCUT2D eigenvalue weighted by Gasteiger charge is 2.42. The van der Waals surface area contributed by atoms with E-state index in [0.717, 1.165) is 43.4 Å². The number of anilines is 2.